The molecule has 1 aromatic carbocycles. The van der Waals surface area contributed by atoms with E-state index in [4.69, 9.17) is 0 Å². The Morgan fingerprint density at radius 1 is 1.00 bits per heavy atom. The van der Waals surface area contributed by atoms with Gasteiger partial charge in [0.25, 0.3) is 0 Å². The zero-order valence-electron chi connectivity index (χ0n) is 21.4. The van der Waals surface area contributed by atoms with Crippen LogP contribution in [0.5, 0.6) is 0 Å². The van der Waals surface area contributed by atoms with Crippen molar-refractivity contribution >= 4 is 17.1 Å². The van der Waals surface area contributed by atoms with Crippen LogP contribution in [0.15, 0.2) is 48.8 Å². The summed E-state index contributed by atoms with van der Waals surface area (Å²) in [7, 11) is 0. The summed E-state index contributed by atoms with van der Waals surface area (Å²) in [5, 5.41) is 14.1. The van der Waals surface area contributed by atoms with E-state index >= 15 is 0 Å². The number of aromatic nitrogens is 2. The van der Waals surface area contributed by atoms with Crippen molar-refractivity contribution < 1.29 is 9.90 Å². The molecule has 1 N–H and O–H groups in total. The van der Waals surface area contributed by atoms with Gasteiger partial charge < -0.3 is 19.8 Å². The van der Waals surface area contributed by atoms with Gasteiger partial charge in [-0.05, 0) is 68.8 Å². The van der Waals surface area contributed by atoms with Crippen molar-refractivity contribution in [2.75, 3.05) is 44.2 Å². The number of fused-ring (bicyclic) bond motifs is 1. The van der Waals surface area contributed by atoms with Gasteiger partial charge in [0, 0.05) is 62.6 Å². The van der Waals surface area contributed by atoms with Gasteiger partial charge in [-0.2, -0.15) is 5.10 Å². The van der Waals surface area contributed by atoms with Gasteiger partial charge in [0.05, 0.1) is 17.3 Å². The zero-order chi connectivity index (χ0) is 24.8. The van der Waals surface area contributed by atoms with Gasteiger partial charge in [0.1, 0.15) is 0 Å². The molecule has 0 spiro atoms. The van der Waals surface area contributed by atoms with Gasteiger partial charge in [-0.3, -0.25) is 4.79 Å². The number of hydrogen-bond acceptors (Lipinski definition) is 5. The molecule has 4 heterocycles. The Kier molecular flexibility index (Phi) is 6.21. The van der Waals surface area contributed by atoms with E-state index in [9.17, 15) is 9.90 Å². The number of benzene rings is 1. The Labute approximate surface area is 213 Å². The van der Waals surface area contributed by atoms with Crippen LogP contribution in [0.4, 0.5) is 5.69 Å². The van der Waals surface area contributed by atoms with Crippen LogP contribution in [0.25, 0.3) is 16.6 Å². The average Bonchev–Trinajstić information content (AvgIpc) is 3.54. The first-order valence-electron chi connectivity index (χ1n) is 13.5. The third-order valence-electron chi connectivity index (χ3n) is 8.55. The molecule has 2 aromatic heterocycles. The number of carbonyl (C=O) groups is 1. The highest BCUT2D eigenvalue weighted by Crippen LogP contribution is 2.33. The molecule has 2 saturated heterocycles. The molecule has 3 aliphatic rings. The fourth-order valence-electron chi connectivity index (χ4n) is 6.12. The maximum atomic E-state index is 12.7. The zero-order valence-corrected chi connectivity index (χ0v) is 21.4. The molecule has 7 nitrogen and oxygen atoms in total. The Morgan fingerprint density at radius 2 is 1.75 bits per heavy atom. The number of carbonyl (C=O) groups excluding carboxylic acids is 1. The molecule has 0 unspecified atom stereocenters. The summed E-state index contributed by atoms with van der Waals surface area (Å²) in [6.45, 7) is 9.99. The molecule has 6 rings (SSSR count). The van der Waals surface area contributed by atoms with E-state index in [1.807, 2.05) is 15.6 Å². The first kappa shape index (κ1) is 23.5. The van der Waals surface area contributed by atoms with Gasteiger partial charge in [-0.25, -0.2) is 4.52 Å². The van der Waals surface area contributed by atoms with Crippen molar-refractivity contribution in [2.24, 2.45) is 5.92 Å². The minimum Gasteiger partial charge on any atom is -0.393 e. The monoisotopic (exact) mass is 487 g/mol. The first-order chi connectivity index (χ1) is 17.5. The van der Waals surface area contributed by atoms with Crippen LogP contribution in [0.2, 0.25) is 0 Å². The number of rotatable bonds is 5. The number of piperazine rings is 1. The van der Waals surface area contributed by atoms with Gasteiger partial charge in [0.2, 0.25) is 5.91 Å². The Balaban J connectivity index is 1.15. The lowest BCUT2D eigenvalue weighted by Crippen LogP contribution is -2.52. The van der Waals surface area contributed by atoms with Crippen molar-refractivity contribution in [3.05, 3.63) is 54.4 Å². The molecule has 1 aliphatic carbocycles. The number of amides is 1. The summed E-state index contributed by atoms with van der Waals surface area (Å²) in [6.07, 6.45) is 6.17. The van der Waals surface area contributed by atoms with Crippen molar-refractivity contribution in [1.82, 2.24) is 19.4 Å². The highest BCUT2D eigenvalue weighted by atomic mass is 16.3. The molecule has 2 aliphatic heterocycles. The summed E-state index contributed by atoms with van der Waals surface area (Å²) in [5.41, 5.74) is 6.09. The normalized spacial score (nSPS) is 25.1. The van der Waals surface area contributed by atoms with Crippen LogP contribution in [0.1, 0.15) is 44.6 Å². The highest BCUT2D eigenvalue weighted by Gasteiger charge is 2.36. The lowest BCUT2D eigenvalue weighted by atomic mass is 9.81. The van der Waals surface area contributed by atoms with E-state index < -0.39 is 0 Å². The van der Waals surface area contributed by atoms with Crippen LogP contribution < -0.4 is 4.90 Å². The van der Waals surface area contributed by atoms with Crippen LogP contribution >= 0.6 is 0 Å². The molecule has 0 bridgehead atoms. The second-order valence-electron chi connectivity index (χ2n) is 11.1. The van der Waals surface area contributed by atoms with Crippen LogP contribution in [-0.2, 0) is 4.79 Å². The molecule has 7 heteroatoms. The summed E-state index contributed by atoms with van der Waals surface area (Å²) in [4.78, 5) is 19.6. The van der Waals surface area contributed by atoms with Crippen molar-refractivity contribution in [2.45, 2.75) is 51.2 Å². The number of nitrogens with zero attached hydrogens (tertiary/aromatic N) is 5. The maximum absolute atomic E-state index is 12.7. The minimum atomic E-state index is -0.289. The van der Waals surface area contributed by atoms with E-state index in [1.54, 1.807) is 0 Å². The minimum absolute atomic E-state index is 0.0153. The molecule has 3 fully saturated rings. The fourth-order valence-corrected chi connectivity index (χ4v) is 6.12. The lowest BCUT2D eigenvalue weighted by Gasteiger charge is -2.40. The standard InChI is InChI=1S/C29H37N5O2/c1-20(2)33-10-8-23(18-33)21-3-5-22(6-4-21)25-17-28-27(7-9-30-34(28)19-25)31-11-13-32(14-12-31)29(36)24-15-26(35)16-24/h3-7,9,17,19-20,23-24,26,35H,8,10-16,18H2,1-2H3/t23-,24-,26-/m0/s1. The summed E-state index contributed by atoms with van der Waals surface area (Å²) in [5.74, 6) is 0.854. The number of likely N-dealkylation sites (tertiary alicyclic amines) is 1. The van der Waals surface area contributed by atoms with E-state index in [-0.39, 0.29) is 17.9 Å². The van der Waals surface area contributed by atoms with Crippen LogP contribution in [0, 0.1) is 5.92 Å². The molecule has 3 aromatic rings. The quantitative estimate of drug-likeness (QED) is 0.596. The van der Waals surface area contributed by atoms with Gasteiger partial charge in [0.15, 0.2) is 0 Å². The van der Waals surface area contributed by atoms with E-state index in [1.165, 1.54) is 35.3 Å². The van der Waals surface area contributed by atoms with Gasteiger partial charge >= 0.3 is 0 Å². The third-order valence-corrected chi connectivity index (χ3v) is 8.55. The van der Waals surface area contributed by atoms with E-state index in [2.05, 4.69) is 71.3 Å². The predicted octanol–water partition coefficient (Wildman–Crippen LogP) is 3.62. The summed E-state index contributed by atoms with van der Waals surface area (Å²) >= 11 is 0. The van der Waals surface area contributed by atoms with Crippen molar-refractivity contribution in [3.8, 4) is 11.1 Å². The second kappa shape index (κ2) is 9.52. The topological polar surface area (TPSA) is 64.3 Å². The molecule has 36 heavy (non-hydrogen) atoms. The lowest BCUT2D eigenvalue weighted by molar-refractivity contribution is -0.142. The molecule has 1 saturated carbocycles. The van der Waals surface area contributed by atoms with Gasteiger partial charge in [-0.1, -0.05) is 24.3 Å². The molecule has 190 valence electrons. The Bertz CT molecular complexity index is 1220. The Morgan fingerprint density at radius 3 is 2.42 bits per heavy atom. The smallest absolute Gasteiger partial charge is 0.226 e. The average molecular weight is 488 g/mol. The Hall–Kier alpha value is -2.90. The van der Waals surface area contributed by atoms with E-state index in [0.717, 1.165) is 38.2 Å². The number of aliphatic hydroxyl groups excluding tert-OH is 1. The molecule has 0 radical (unpaired) electrons. The van der Waals surface area contributed by atoms with Crippen LogP contribution in [0.3, 0.4) is 0 Å². The fraction of sp³-hybridized carbons (Fsp3) is 0.517. The highest BCUT2D eigenvalue weighted by molar-refractivity contribution is 5.82. The SMILES string of the molecule is CC(C)N1CC[C@H](c2ccc(-c3cc4c(N5CCN(C(=O)[C@H]6C[C@H](O)C6)CC5)ccnn4c3)cc2)C1. The van der Waals surface area contributed by atoms with E-state index in [0.29, 0.717) is 24.8 Å². The number of aliphatic hydroxyl groups is 1. The largest absolute Gasteiger partial charge is 0.393 e. The molecular weight excluding hydrogens is 450 g/mol. The first-order valence-corrected chi connectivity index (χ1v) is 13.5. The molecule has 1 atom stereocenters. The maximum Gasteiger partial charge on any atom is 0.226 e. The summed E-state index contributed by atoms with van der Waals surface area (Å²) in [6, 6.07) is 14.1. The van der Waals surface area contributed by atoms with Crippen molar-refractivity contribution in [1.29, 1.82) is 0 Å². The molecule has 1 amide bonds. The van der Waals surface area contributed by atoms with Crippen LogP contribution in [-0.4, -0.2) is 81.8 Å². The molecular formula is C29H37N5O2. The predicted molar refractivity (Wildman–Crippen MR) is 142 cm³/mol. The number of hydrogen-bond donors (Lipinski definition) is 1. The van der Waals surface area contributed by atoms with Gasteiger partial charge in [-0.15, -0.1) is 0 Å². The number of anilines is 1. The second-order valence-corrected chi connectivity index (χ2v) is 11.1. The third kappa shape index (κ3) is 4.39. The van der Waals surface area contributed by atoms with Crippen molar-refractivity contribution in [3.63, 3.8) is 0 Å². The summed E-state index contributed by atoms with van der Waals surface area (Å²) < 4.78 is 1.98.